The van der Waals surface area contributed by atoms with Crippen LogP contribution in [0.4, 0.5) is 4.79 Å². The van der Waals surface area contributed by atoms with Gasteiger partial charge in [-0.3, -0.25) is 4.90 Å². The number of benzene rings is 1. The Morgan fingerprint density at radius 1 is 1.26 bits per heavy atom. The Bertz CT molecular complexity index is 627. The van der Waals surface area contributed by atoms with Crippen LogP contribution in [0.2, 0.25) is 10.0 Å². The minimum atomic E-state index is -1.07. The predicted octanol–water partition coefficient (Wildman–Crippen LogP) is 4.17. The molecule has 0 saturated carbocycles. The summed E-state index contributed by atoms with van der Waals surface area (Å²) in [7, 11) is 0. The average Bonchev–Trinajstić information content (AvgIpc) is 2.85. The van der Waals surface area contributed by atoms with Gasteiger partial charge in [0, 0.05) is 12.5 Å². The third-order valence-electron chi connectivity index (χ3n) is 3.65. The topological polar surface area (TPSA) is 66.8 Å². The lowest BCUT2D eigenvalue weighted by molar-refractivity contribution is -0.142. The van der Waals surface area contributed by atoms with Crippen molar-refractivity contribution in [3.63, 3.8) is 0 Å². The van der Waals surface area contributed by atoms with E-state index in [0.717, 1.165) is 5.56 Å². The van der Waals surface area contributed by atoms with Crippen LogP contribution in [0.3, 0.4) is 0 Å². The fourth-order valence-electron chi connectivity index (χ4n) is 2.72. The Hall–Kier alpha value is -1.46. The van der Waals surface area contributed by atoms with Crippen LogP contribution in [-0.4, -0.2) is 40.3 Å². The third-order valence-corrected chi connectivity index (χ3v) is 4.39. The maximum Gasteiger partial charge on any atom is 0.411 e. The van der Waals surface area contributed by atoms with E-state index >= 15 is 0 Å². The molecule has 1 aliphatic heterocycles. The normalized spacial score (nSPS) is 21.3. The first-order valence-corrected chi connectivity index (χ1v) is 8.03. The molecule has 1 saturated heterocycles. The second-order valence-corrected chi connectivity index (χ2v) is 7.34. The van der Waals surface area contributed by atoms with Gasteiger partial charge in [-0.25, -0.2) is 9.59 Å². The fraction of sp³-hybridized carbons (Fsp3) is 0.500. The van der Waals surface area contributed by atoms with E-state index in [9.17, 15) is 14.7 Å². The molecular weight excluding hydrogens is 341 g/mol. The number of hydrogen-bond donors (Lipinski definition) is 1. The highest BCUT2D eigenvalue weighted by Crippen LogP contribution is 2.37. The summed E-state index contributed by atoms with van der Waals surface area (Å²) in [5.41, 5.74) is 0.0693. The lowest BCUT2D eigenvalue weighted by Gasteiger charge is -2.28. The van der Waals surface area contributed by atoms with Gasteiger partial charge in [-0.15, -0.1) is 0 Å². The number of amides is 1. The zero-order chi connectivity index (χ0) is 17.4. The van der Waals surface area contributed by atoms with Crippen molar-refractivity contribution in [1.82, 2.24) is 4.90 Å². The summed E-state index contributed by atoms with van der Waals surface area (Å²) in [5.74, 6) is -1.42. The van der Waals surface area contributed by atoms with Gasteiger partial charge in [0.05, 0.1) is 10.0 Å². The number of carboxylic acid groups (broad SMARTS) is 1. The molecule has 1 fully saturated rings. The Balaban J connectivity index is 2.27. The second-order valence-electron chi connectivity index (χ2n) is 6.53. The molecule has 7 heteroatoms. The number of likely N-dealkylation sites (tertiary alicyclic amines) is 1. The molecule has 0 radical (unpaired) electrons. The summed E-state index contributed by atoms with van der Waals surface area (Å²) in [6, 6.07) is 4.05. The van der Waals surface area contributed by atoms with Gasteiger partial charge in [-0.2, -0.15) is 0 Å². The number of carbonyl (C=O) groups excluding carboxylic acids is 1. The average molecular weight is 360 g/mol. The molecule has 1 aromatic carbocycles. The maximum absolute atomic E-state index is 12.3. The highest BCUT2D eigenvalue weighted by molar-refractivity contribution is 6.42. The first kappa shape index (κ1) is 17.9. The van der Waals surface area contributed by atoms with Gasteiger partial charge >= 0.3 is 12.1 Å². The molecule has 126 valence electrons. The van der Waals surface area contributed by atoms with Crippen molar-refractivity contribution < 1.29 is 19.4 Å². The van der Waals surface area contributed by atoms with Crippen LogP contribution in [0.15, 0.2) is 18.2 Å². The van der Waals surface area contributed by atoms with E-state index in [1.165, 1.54) is 4.90 Å². The molecule has 1 heterocycles. The molecule has 2 atom stereocenters. The Morgan fingerprint density at radius 3 is 2.43 bits per heavy atom. The molecule has 0 bridgehead atoms. The maximum atomic E-state index is 12.3. The van der Waals surface area contributed by atoms with Crippen LogP contribution in [-0.2, 0) is 9.53 Å². The van der Waals surface area contributed by atoms with Crippen molar-refractivity contribution in [1.29, 1.82) is 0 Å². The Morgan fingerprint density at radius 2 is 1.91 bits per heavy atom. The minimum Gasteiger partial charge on any atom is -0.480 e. The summed E-state index contributed by atoms with van der Waals surface area (Å²) in [5, 5.41) is 10.3. The molecule has 0 aromatic heterocycles. The molecule has 0 unspecified atom stereocenters. The van der Waals surface area contributed by atoms with Gasteiger partial charge in [0.2, 0.25) is 0 Å². The lowest BCUT2D eigenvalue weighted by Crippen LogP contribution is -2.45. The van der Waals surface area contributed by atoms with Crippen molar-refractivity contribution in [2.75, 3.05) is 6.54 Å². The van der Waals surface area contributed by atoms with Crippen LogP contribution in [0.1, 0.15) is 38.7 Å². The fourth-order valence-corrected chi connectivity index (χ4v) is 3.02. The molecule has 1 aliphatic rings. The summed E-state index contributed by atoms with van der Waals surface area (Å²) >= 11 is 11.9. The second kappa shape index (κ2) is 6.57. The summed E-state index contributed by atoms with van der Waals surface area (Å²) in [4.78, 5) is 25.2. The van der Waals surface area contributed by atoms with Crippen LogP contribution >= 0.6 is 23.2 Å². The van der Waals surface area contributed by atoms with E-state index in [4.69, 9.17) is 27.9 Å². The van der Waals surface area contributed by atoms with E-state index in [1.807, 2.05) is 0 Å². The highest BCUT2D eigenvalue weighted by Gasteiger charge is 2.44. The van der Waals surface area contributed by atoms with Crippen molar-refractivity contribution in [2.45, 2.75) is 44.8 Å². The summed E-state index contributed by atoms with van der Waals surface area (Å²) in [6.07, 6.45) is -0.0961. The van der Waals surface area contributed by atoms with Crippen molar-refractivity contribution in [2.24, 2.45) is 0 Å². The number of carboxylic acids is 1. The van der Waals surface area contributed by atoms with Crippen molar-refractivity contribution in [3.8, 4) is 0 Å². The zero-order valence-electron chi connectivity index (χ0n) is 13.2. The molecule has 0 aliphatic carbocycles. The number of aliphatic carboxylic acids is 1. The standard InChI is InChI=1S/C16H19Cl2NO4/c1-16(2,3)23-15(22)19-7-6-10(13(19)14(20)21)9-4-5-11(17)12(18)8-9/h4-5,8,10,13H,6-7H2,1-3H3,(H,20,21)/t10-,13+/m1/s1. The lowest BCUT2D eigenvalue weighted by atomic mass is 9.92. The van der Waals surface area contributed by atoms with E-state index in [-0.39, 0.29) is 5.92 Å². The minimum absolute atomic E-state index is 0.316. The van der Waals surface area contributed by atoms with Crippen LogP contribution in [0, 0.1) is 0 Å². The number of halogens is 2. The third kappa shape index (κ3) is 4.09. The van der Waals surface area contributed by atoms with Crippen LogP contribution in [0.5, 0.6) is 0 Å². The first-order chi connectivity index (χ1) is 10.6. The Kier molecular flexibility index (Phi) is 5.11. The molecule has 2 rings (SSSR count). The molecule has 5 nitrogen and oxygen atoms in total. The van der Waals surface area contributed by atoms with Gasteiger partial charge in [0.15, 0.2) is 0 Å². The molecule has 0 spiro atoms. The number of hydrogen-bond acceptors (Lipinski definition) is 3. The first-order valence-electron chi connectivity index (χ1n) is 7.27. The van der Waals surface area contributed by atoms with Gasteiger partial charge in [0.25, 0.3) is 0 Å². The smallest absolute Gasteiger partial charge is 0.411 e. The molecule has 23 heavy (non-hydrogen) atoms. The molecule has 1 N–H and O–H groups in total. The van der Waals surface area contributed by atoms with E-state index in [2.05, 4.69) is 0 Å². The molecule has 1 amide bonds. The zero-order valence-corrected chi connectivity index (χ0v) is 14.7. The largest absolute Gasteiger partial charge is 0.480 e. The molecular formula is C16H19Cl2NO4. The number of carbonyl (C=O) groups is 2. The number of rotatable bonds is 2. The van der Waals surface area contributed by atoms with Crippen LogP contribution < -0.4 is 0 Å². The van der Waals surface area contributed by atoms with Crippen molar-refractivity contribution in [3.05, 3.63) is 33.8 Å². The monoisotopic (exact) mass is 359 g/mol. The van der Waals surface area contributed by atoms with Gasteiger partial charge in [0.1, 0.15) is 11.6 Å². The van der Waals surface area contributed by atoms with Gasteiger partial charge in [-0.1, -0.05) is 29.3 Å². The SMILES string of the molecule is CC(C)(C)OC(=O)N1CC[C@H](c2ccc(Cl)c(Cl)c2)[C@H]1C(=O)O. The van der Waals surface area contributed by atoms with Gasteiger partial charge < -0.3 is 9.84 Å². The van der Waals surface area contributed by atoms with Crippen molar-refractivity contribution >= 4 is 35.3 Å². The van der Waals surface area contributed by atoms with E-state index in [1.54, 1.807) is 39.0 Å². The summed E-state index contributed by atoms with van der Waals surface area (Å²) in [6.45, 7) is 5.55. The van der Waals surface area contributed by atoms with E-state index < -0.39 is 23.7 Å². The Labute approximate surface area is 145 Å². The summed E-state index contributed by atoms with van der Waals surface area (Å²) < 4.78 is 5.31. The highest BCUT2D eigenvalue weighted by atomic mass is 35.5. The number of nitrogens with zero attached hydrogens (tertiary/aromatic N) is 1. The quantitative estimate of drug-likeness (QED) is 0.860. The predicted molar refractivity (Wildman–Crippen MR) is 88.2 cm³/mol. The van der Waals surface area contributed by atoms with E-state index in [0.29, 0.717) is 23.0 Å². The molecule has 1 aromatic rings. The van der Waals surface area contributed by atoms with Gasteiger partial charge in [-0.05, 0) is 44.9 Å². The number of ether oxygens (including phenoxy) is 1. The van der Waals surface area contributed by atoms with Crippen LogP contribution in [0.25, 0.3) is 0 Å².